The Morgan fingerprint density at radius 2 is 1.73 bits per heavy atom. The molecule has 2 aromatic heterocycles. The molecule has 0 radical (unpaired) electrons. The van der Waals surface area contributed by atoms with E-state index in [9.17, 15) is 4.79 Å². The van der Waals surface area contributed by atoms with E-state index in [-0.39, 0.29) is 18.0 Å². The van der Waals surface area contributed by atoms with Crippen LogP contribution in [0.3, 0.4) is 0 Å². The number of furan rings is 1. The first-order valence-corrected chi connectivity index (χ1v) is 15.9. The van der Waals surface area contributed by atoms with E-state index in [4.69, 9.17) is 53.7 Å². The van der Waals surface area contributed by atoms with Crippen LogP contribution >= 0.6 is 66.7 Å². The molecule has 0 amide bonds. The summed E-state index contributed by atoms with van der Waals surface area (Å²) < 4.78 is 20.6. The largest absolute Gasteiger partial charge is 0.490 e. The van der Waals surface area contributed by atoms with E-state index in [2.05, 4.69) is 37.0 Å². The van der Waals surface area contributed by atoms with Gasteiger partial charge < -0.3 is 13.9 Å². The molecule has 0 aliphatic heterocycles. The SMILES string of the molecule is CCOc1cc(C=Nn2c(-c3cc4cc(Cl)ccc4o3)nc3ccccc3c2=O)c(Br)c(Br)c1OCc1ccc(Cl)cc1Cl. The van der Waals surface area contributed by atoms with Crippen molar-refractivity contribution in [3.8, 4) is 23.1 Å². The van der Waals surface area contributed by atoms with Gasteiger partial charge >= 0.3 is 0 Å². The van der Waals surface area contributed by atoms with Crippen LogP contribution in [0, 0.1) is 0 Å². The lowest BCUT2D eigenvalue weighted by molar-refractivity contribution is 0.267. The van der Waals surface area contributed by atoms with E-state index in [1.807, 2.05) is 13.0 Å². The van der Waals surface area contributed by atoms with Crippen molar-refractivity contribution in [2.75, 3.05) is 6.61 Å². The molecule has 2 heterocycles. The first kappa shape index (κ1) is 30.7. The molecule has 0 saturated heterocycles. The van der Waals surface area contributed by atoms with Crippen molar-refractivity contribution in [2.45, 2.75) is 13.5 Å². The molecule has 0 aliphatic rings. The number of aromatic nitrogens is 2. The summed E-state index contributed by atoms with van der Waals surface area (Å²) in [6.45, 7) is 2.44. The van der Waals surface area contributed by atoms with Crippen molar-refractivity contribution < 1.29 is 13.9 Å². The molecule has 0 saturated carbocycles. The highest BCUT2D eigenvalue weighted by Crippen LogP contribution is 2.43. The van der Waals surface area contributed by atoms with Gasteiger partial charge in [-0.3, -0.25) is 4.79 Å². The minimum Gasteiger partial charge on any atom is -0.490 e. The third-order valence-corrected chi connectivity index (χ3v) is 9.57. The van der Waals surface area contributed by atoms with Crippen molar-refractivity contribution >= 4 is 94.7 Å². The van der Waals surface area contributed by atoms with Crippen LogP contribution in [-0.4, -0.2) is 22.5 Å². The highest BCUT2D eigenvalue weighted by molar-refractivity contribution is 9.13. The molecule has 0 fully saturated rings. The third-order valence-electron chi connectivity index (χ3n) is 6.61. The summed E-state index contributed by atoms with van der Waals surface area (Å²) >= 11 is 25.8. The van der Waals surface area contributed by atoms with Gasteiger partial charge in [-0.15, -0.1) is 0 Å². The molecule has 0 spiro atoms. The van der Waals surface area contributed by atoms with Crippen LogP contribution in [0.5, 0.6) is 11.5 Å². The Labute approximate surface area is 283 Å². The maximum Gasteiger partial charge on any atom is 0.282 e. The molecule has 0 unspecified atom stereocenters. The van der Waals surface area contributed by atoms with E-state index in [1.54, 1.807) is 66.7 Å². The first-order valence-electron chi connectivity index (χ1n) is 13.2. The molecular formula is C32H20Br2Cl3N3O4. The first-order chi connectivity index (χ1) is 21.2. The van der Waals surface area contributed by atoms with Gasteiger partial charge in [0.2, 0.25) is 5.82 Å². The average Bonchev–Trinajstić information content (AvgIpc) is 3.43. The normalized spacial score (nSPS) is 11.6. The molecule has 12 heteroatoms. The van der Waals surface area contributed by atoms with E-state index in [1.165, 1.54) is 10.9 Å². The van der Waals surface area contributed by atoms with Crippen LogP contribution in [0.25, 0.3) is 33.5 Å². The minimum atomic E-state index is -0.361. The second kappa shape index (κ2) is 12.9. The Morgan fingerprint density at radius 1 is 0.955 bits per heavy atom. The second-order valence-corrected chi connectivity index (χ2v) is 12.4. The summed E-state index contributed by atoms with van der Waals surface area (Å²) in [6.07, 6.45) is 1.54. The van der Waals surface area contributed by atoms with Gasteiger partial charge in [0, 0.05) is 36.1 Å². The quantitative estimate of drug-likeness (QED) is 0.144. The molecule has 222 valence electrons. The molecule has 4 aromatic carbocycles. The number of benzene rings is 4. The maximum atomic E-state index is 13.7. The summed E-state index contributed by atoms with van der Waals surface area (Å²) in [4.78, 5) is 18.5. The fourth-order valence-electron chi connectivity index (χ4n) is 4.52. The molecule has 6 aromatic rings. The predicted molar refractivity (Wildman–Crippen MR) is 183 cm³/mol. The Hall–Kier alpha value is -3.34. The fourth-order valence-corrected chi connectivity index (χ4v) is 6.10. The van der Waals surface area contributed by atoms with Crippen molar-refractivity contribution in [2.24, 2.45) is 5.10 Å². The average molecular weight is 777 g/mol. The van der Waals surface area contributed by atoms with Crippen LogP contribution in [0.2, 0.25) is 15.1 Å². The summed E-state index contributed by atoms with van der Waals surface area (Å²) in [7, 11) is 0. The molecule has 7 nitrogen and oxygen atoms in total. The Kier molecular flexibility index (Phi) is 9.03. The zero-order valence-corrected chi connectivity index (χ0v) is 28.2. The molecule has 0 atom stereocenters. The summed E-state index contributed by atoms with van der Waals surface area (Å²) in [6, 6.07) is 21.1. The zero-order valence-electron chi connectivity index (χ0n) is 22.8. The van der Waals surface area contributed by atoms with Crippen molar-refractivity contribution in [3.05, 3.63) is 118 Å². The van der Waals surface area contributed by atoms with Gasteiger partial charge in [0.25, 0.3) is 5.56 Å². The Bertz CT molecular complexity index is 2150. The Morgan fingerprint density at radius 3 is 2.52 bits per heavy atom. The lowest BCUT2D eigenvalue weighted by atomic mass is 10.2. The van der Waals surface area contributed by atoms with E-state index in [0.717, 1.165) is 10.9 Å². The number of hydrogen-bond acceptors (Lipinski definition) is 6. The molecular weight excluding hydrogens is 757 g/mol. The van der Waals surface area contributed by atoms with Gasteiger partial charge in [-0.25, -0.2) is 4.98 Å². The number of ether oxygens (including phenoxy) is 2. The van der Waals surface area contributed by atoms with Crippen LogP contribution in [-0.2, 0) is 6.61 Å². The van der Waals surface area contributed by atoms with E-state index in [0.29, 0.717) is 69.9 Å². The van der Waals surface area contributed by atoms with Crippen LogP contribution in [0.1, 0.15) is 18.1 Å². The standard InChI is InChI=1S/C32H20Br2Cl3N3O4/c1-2-42-26-13-19(28(33)29(34)30(26)43-16-17-7-8-21(36)14-23(17)37)15-38-40-31(39-24-6-4-3-5-22(24)32(40)41)27-12-18-11-20(35)9-10-25(18)44-27/h3-15H,2,16H2,1H3. The molecule has 6 rings (SSSR count). The number of rotatable bonds is 8. The summed E-state index contributed by atoms with van der Waals surface area (Å²) in [5, 5.41) is 7.37. The van der Waals surface area contributed by atoms with Gasteiger partial charge in [-0.2, -0.15) is 9.78 Å². The monoisotopic (exact) mass is 773 g/mol. The second-order valence-electron chi connectivity index (χ2n) is 9.49. The lowest BCUT2D eigenvalue weighted by Crippen LogP contribution is -2.20. The fraction of sp³-hybridized carbons (Fsp3) is 0.0938. The topological polar surface area (TPSA) is 78.9 Å². The van der Waals surface area contributed by atoms with E-state index < -0.39 is 0 Å². The number of nitrogens with zero attached hydrogens (tertiary/aromatic N) is 3. The van der Waals surface area contributed by atoms with Crippen LogP contribution in [0.4, 0.5) is 0 Å². The third kappa shape index (κ3) is 6.12. The number of fused-ring (bicyclic) bond motifs is 2. The highest BCUT2D eigenvalue weighted by Gasteiger charge is 2.20. The maximum absolute atomic E-state index is 13.7. The highest BCUT2D eigenvalue weighted by atomic mass is 79.9. The number of hydrogen-bond donors (Lipinski definition) is 0. The lowest BCUT2D eigenvalue weighted by Gasteiger charge is -2.17. The van der Waals surface area contributed by atoms with Gasteiger partial charge in [0.15, 0.2) is 17.3 Å². The summed E-state index contributed by atoms with van der Waals surface area (Å²) in [5.41, 5.74) is 2.13. The van der Waals surface area contributed by atoms with Crippen LogP contribution < -0.4 is 15.0 Å². The van der Waals surface area contributed by atoms with Crippen LogP contribution in [0.15, 0.2) is 96.1 Å². The van der Waals surface area contributed by atoms with Gasteiger partial charge in [0.05, 0.1) is 28.2 Å². The predicted octanol–water partition coefficient (Wildman–Crippen LogP) is 10.2. The summed E-state index contributed by atoms with van der Waals surface area (Å²) in [5.74, 6) is 1.53. The minimum absolute atomic E-state index is 0.179. The van der Waals surface area contributed by atoms with Gasteiger partial charge in [-0.1, -0.05) is 53.0 Å². The van der Waals surface area contributed by atoms with Gasteiger partial charge in [0.1, 0.15) is 12.2 Å². The number of para-hydroxylation sites is 1. The van der Waals surface area contributed by atoms with E-state index >= 15 is 0 Å². The van der Waals surface area contributed by atoms with Crippen molar-refractivity contribution in [3.63, 3.8) is 0 Å². The van der Waals surface area contributed by atoms with Crippen molar-refractivity contribution in [1.29, 1.82) is 0 Å². The number of halogens is 5. The Balaban J connectivity index is 1.43. The zero-order chi connectivity index (χ0) is 31.0. The molecule has 0 N–H and O–H groups in total. The van der Waals surface area contributed by atoms with Gasteiger partial charge in [-0.05, 0) is 93.4 Å². The molecule has 0 bridgehead atoms. The van der Waals surface area contributed by atoms with Crippen molar-refractivity contribution in [1.82, 2.24) is 9.66 Å². The molecule has 44 heavy (non-hydrogen) atoms. The smallest absolute Gasteiger partial charge is 0.282 e. The molecule has 0 aliphatic carbocycles.